The molecule has 1 fully saturated rings. The number of hydrogen-bond donors (Lipinski definition) is 0. The standard InChI is InChI=1S/C12H21NO2/c1-5-15-12(14)6-11-9(2)7-13(4)8-10(11)3/h6,9-10H,5,7-8H2,1-4H3. The lowest BCUT2D eigenvalue weighted by Gasteiger charge is -2.34. The maximum atomic E-state index is 11.4. The van der Waals surface area contributed by atoms with Gasteiger partial charge in [-0.15, -0.1) is 0 Å². The molecule has 15 heavy (non-hydrogen) atoms. The van der Waals surface area contributed by atoms with E-state index in [0.717, 1.165) is 13.1 Å². The highest BCUT2D eigenvalue weighted by atomic mass is 16.5. The molecule has 3 nitrogen and oxygen atoms in total. The summed E-state index contributed by atoms with van der Waals surface area (Å²) in [6, 6.07) is 0. The number of hydrogen-bond acceptors (Lipinski definition) is 3. The molecule has 0 amide bonds. The summed E-state index contributed by atoms with van der Waals surface area (Å²) in [6.45, 7) is 8.66. The second-order valence-electron chi connectivity index (χ2n) is 4.42. The van der Waals surface area contributed by atoms with Gasteiger partial charge in [0.1, 0.15) is 0 Å². The molecule has 1 saturated heterocycles. The van der Waals surface area contributed by atoms with Gasteiger partial charge in [-0.25, -0.2) is 4.79 Å². The Hall–Kier alpha value is -0.830. The summed E-state index contributed by atoms with van der Waals surface area (Å²) in [5, 5.41) is 0. The fraction of sp³-hybridized carbons (Fsp3) is 0.750. The quantitative estimate of drug-likeness (QED) is 0.514. The van der Waals surface area contributed by atoms with Crippen LogP contribution >= 0.6 is 0 Å². The van der Waals surface area contributed by atoms with Crippen molar-refractivity contribution in [3.05, 3.63) is 11.6 Å². The Morgan fingerprint density at radius 3 is 2.47 bits per heavy atom. The summed E-state index contributed by atoms with van der Waals surface area (Å²) < 4.78 is 4.94. The molecule has 0 spiro atoms. The van der Waals surface area contributed by atoms with Gasteiger partial charge in [-0.2, -0.15) is 0 Å². The number of likely N-dealkylation sites (tertiary alicyclic amines) is 1. The van der Waals surface area contributed by atoms with Crippen LogP contribution in [0.4, 0.5) is 0 Å². The monoisotopic (exact) mass is 211 g/mol. The van der Waals surface area contributed by atoms with Gasteiger partial charge in [-0.3, -0.25) is 0 Å². The molecular formula is C12H21NO2. The predicted octanol–water partition coefficient (Wildman–Crippen LogP) is 1.69. The fourth-order valence-corrected chi connectivity index (χ4v) is 2.31. The molecule has 0 aliphatic carbocycles. The highest BCUT2D eigenvalue weighted by Crippen LogP contribution is 2.26. The van der Waals surface area contributed by atoms with Crippen molar-refractivity contribution in [2.45, 2.75) is 20.8 Å². The van der Waals surface area contributed by atoms with E-state index in [-0.39, 0.29) is 5.97 Å². The van der Waals surface area contributed by atoms with Crippen molar-refractivity contribution < 1.29 is 9.53 Å². The molecule has 1 heterocycles. The zero-order chi connectivity index (χ0) is 11.4. The van der Waals surface area contributed by atoms with Crippen molar-refractivity contribution >= 4 is 5.97 Å². The molecule has 1 aliphatic heterocycles. The fourth-order valence-electron chi connectivity index (χ4n) is 2.31. The topological polar surface area (TPSA) is 29.5 Å². The first kappa shape index (κ1) is 12.2. The molecule has 0 aromatic carbocycles. The van der Waals surface area contributed by atoms with Gasteiger partial charge in [0.15, 0.2) is 0 Å². The van der Waals surface area contributed by atoms with Gasteiger partial charge < -0.3 is 9.64 Å². The number of carbonyl (C=O) groups is 1. The Morgan fingerprint density at radius 2 is 2.00 bits per heavy atom. The van der Waals surface area contributed by atoms with Crippen molar-refractivity contribution in [1.82, 2.24) is 4.90 Å². The highest BCUT2D eigenvalue weighted by molar-refractivity contribution is 5.83. The molecule has 0 saturated carbocycles. The van der Waals surface area contributed by atoms with Crippen molar-refractivity contribution in [3.63, 3.8) is 0 Å². The van der Waals surface area contributed by atoms with Gasteiger partial charge in [0, 0.05) is 19.2 Å². The van der Waals surface area contributed by atoms with E-state index in [4.69, 9.17) is 4.74 Å². The number of piperidine rings is 1. The van der Waals surface area contributed by atoms with E-state index in [2.05, 4.69) is 25.8 Å². The Balaban J connectivity index is 2.70. The third-order valence-electron chi connectivity index (χ3n) is 2.88. The van der Waals surface area contributed by atoms with Gasteiger partial charge in [0.05, 0.1) is 6.61 Å². The summed E-state index contributed by atoms with van der Waals surface area (Å²) in [4.78, 5) is 13.7. The summed E-state index contributed by atoms with van der Waals surface area (Å²) >= 11 is 0. The van der Waals surface area contributed by atoms with E-state index >= 15 is 0 Å². The minimum atomic E-state index is -0.198. The zero-order valence-electron chi connectivity index (χ0n) is 10.1. The van der Waals surface area contributed by atoms with Crippen LogP contribution in [0.2, 0.25) is 0 Å². The molecule has 1 aliphatic rings. The molecule has 0 radical (unpaired) electrons. The Bertz CT molecular complexity index is 246. The summed E-state index contributed by atoms with van der Waals surface area (Å²) in [5.41, 5.74) is 1.23. The largest absolute Gasteiger partial charge is 0.463 e. The van der Waals surface area contributed by atoms with Crippen molar-refractivity contribution in [1.29, 1.82) is 0 Å². The highest BCUT2D eigenvalue weighted by Gasteiger charge is 2.25. The van der Waals surface area contributed by atoms with Crippen molar-refractivity contribution in [3.8, 4) is 0 Å². The van der Waals surface area contributed by atoms with Gasteiger partial charge >= 0.3 is 5.97 Å². The minimum absolute atomic E-state index is 0.198. The SMILES string of the molecule is CCOC(=O)C=C1C(C)CN(C)CC1C. The molecule has 2 atom stereocenters. The summed E-state index contributed by atoms with van der Waals surface area (Å²) in [6.07, 6.45) is 1.69. The van der Waals surface area contributed by atoms with E-state index in [9.17, 15) is 4.79 Å². The third kappa shape index (κ3) is 3.34. The molecule has 0 aromatic rings. The zero-order valence-corrected chi connectivity index (χ0v) is 10.1. The van der Waals surface area contributed by atoms with E-state index < -0.39 is 0 Å². The second kappa shape index (κ2) is 5.31. The number of rotatable bonds is 2. The van der Waals surface area contributed by atoms with Crippen LogP contribution in [-0.4, -0.2) is 37.6 Å². The molecule has 1 rings (SSSR count). The number of esters is 1. The van der Waals surface area contributed by atoms with E-state index in [1.54, 1.807) is 6.08 Å². The van der Waals surface area contributed by atoms with Gasteiger partial charge in [0.2, 0.25) is 0 Å². The van der Waals surface area contributed by atoms with Crippen molar-refractivity contribution in [2.75, 3.05) is 26.7 Å². The van der Waals surface area contributed by atoms with E-state index in [1.807, 2.05) is 6.92 Å². The van der Waals surface area contributed by atoms with Gasteiger partial charge in [-0.05, 0) is 25.8 Å². The van der Waals surface area contributed by atoms with Crippen LogP contribution in [0, 0.1) is 11.8 Å². The summed E-state index contributed by atoms with van der Waals surface area (Å²) in [5.74, 6) is 0.696. The number of ether oxygens (including phenoxy) is 1. The van der Waals surface area contributed by atoms with Crippen molar-refractivity contribution in [2.24, 2.45) is 11.8 Å². The maximum absolute atomic E-state index is 11.4. The third-order valence-corrected chi connectivity index (χ3v) is 2.88. The van der Waals surface area contributed by atoms with Crippen LogP contribution in [0.15, 0.2) is 11.6 Å². The predicted molar refractivity (Wildman–Crippen MR) is 60.5 cm³/mol. The first-order valence-electron chi connectivity index (χ1n) is 5.61. The Labute approximate surface area is 92.1 Å². The molecule has 3 heteroatoms. The lowest BCUT2D eigenvalue weighted by Crippen LogP contribution is -2.37. The molecule has 2 unspecified atom stereocenters. The van der Waals surface area contributed by atoms with Crippen LogP contribution in [0.5, 0.6) is 0 Å². The van der Waals surface area contributed by atoms with Crippen LogP contribution in [0.3, 0.4) is 0 Å². The molecular weight excluding hydrogens is 190 g/mol. The van der Waals surface area contributed by atoms with Crippen LogP contribution in [0.25, 0.3) is 0 Å². The molecule has 0 N–H and O–H groups in total. The normalized spacial score (nSPS) is 27.6. The molecule has 0 aromatic heterocycles. The molecule has 0 bridgehead atoms. The average molecular weight is 211 g/mol. The lowest BCUT2D eigenvalue weighted by molar-refractivity contribution is -0.137. The summed E-state index contributed by atoms with van der Waals surface area (Å²) in [7, 11) is 2.12. The van der Waals surface area contributed by atoms with E-state index in [1.165, 1.54) is 5.57 Å². The number of carbonyl (C=O) groups excluding carboxylic acids is 1. The molecule has 86 valence electrons. The lowest BCUT2D eigenvalue weighted by atomic mass is 9.85. The van der Waals surface area contributed by atoms with E-state index in [0.29, 0.717) is 18.4 Å². The second-order valence-corrected chi connectivity index (χ2v) is 4.42. The maximum Gasteiger partial charge on any atom is 0.330 e. The van der Waals surface area contributed by atoms with Crippen LogP contribution < -0.4 is 0 Å². The Kier molecular flexibility index (Phi) is 4.33. The van der Waals surface area contributed by atoms with Crippen LogP contribution in [0.1, 0.15) is 20.8 Å². The van der Waals surface area contributed by atoms with Gasteiger partial charge in [0.25, 0.3) is 0 Å². The minimum Gasteiger partial charge on any atom is -0.463 e. The van der Waals surface area contributed by atoms with Crippen LogP contribution in [-0.2, 0) is 9.53 Å². The first-order valence-corrected chi connectivity index (χ1v) is 5.61. The first-order chi connectivity index (χ1) is 7.04. The Morgan fingerprint density at radius 1 is 1.47 bits per heavy atom. The smallest absolute Gasteiger partial charge is 0.330 e. The number of nitrogens with zero attached hydrogens (tertiary/aromatic N) is 1. The average Bonchev–Trinajstić information content (AvgIpc) is 2.11. The van der Waals surface area contributed by atoms with Gasteiger partial charge in [-0.1, -0.05) is 19.4 Å².